The zero-order valence-electron chi connectivity index (χ0n) is 17.0. The summed E-state index contributed by atoms with van der Waals surface area (Å²) >= 11 is 2.07. The lowest BCUT2D eigenvalue weighted by atomic mass is 10.1. The molecule has 2 fully saturated rings. The summed E-state index contributed by atoms with van der Waals surface area (Å²) in [4.78, 5) is 13.9. The van der Waals surface area contributed by atoms with E-state index in [9.17, 15) is 0 Å². The van der Waals surface area contributed by atoms with Crippen molar-refractivity contribution in [2.75, 3.05) is 57.0 Å². The Kier molecular flexibility index (Phi) is 7.24. The second-order valence-corrected chi connectivity index (χ2v) is 9.31. The number of thioether (sulfide) groups is 1. The highest BCUT2D eigenvalue weighted by atomic mass is 32.2. The zero-order chi connectivity index (χ0) is 19.1. The third kappa shape index (κ3) is 5.75. The lowest BCUT2D eigenvalue weighted by Crippen LogP contribution is -2.46. The molecule has 150 valence electrons. The number of nitrogens with zero attached hydrogens (tertiary/aromatic N) is 4. The predicted octanol–water partition coefficient (Wildman–Crippen LogP) is 2.17. The van der Waals surface area contributed by atoms with Crippen molar-refractivity contribution in [3.63, 3.8) is 0 Å². The zero-order valence-corrected chi connectivity index (χ0v) is 17.8. The molecule has 3 rings (SSSR count). The molecule has 0 aromatic carbocycles. The SMILES string of the molecule is CCN1CCN(c2ccc(CNC(=NC)NCC3(C)CCCS3)cn2)CC1. The van der Waals surface area contributed by atoms with Gasteiger partial charge in [-0.25, -0.2) is 4.98 Å². The Hall–Kier alpha value is -1.47. The molecule has 2 aliphatic rings. The molecular weight excluding hydrogens is 356 g/mol. The Morgan fingerprint density at radius 2 is 2.07 bits per heavy atom. The van der Waals surface area contributed by atoms with Gasteiger partial charge >= 0.3 is 0 Å². The van der Waals surface area contributed by atoms with Gasteiger partial charge in [-0.15, -0.1) is 0 Å². The Morgan fingerprint density at radius 1 is 1.26 bits per heavy atom. The number of guanidine groups is 1. The van der Waals surface area contributed by atoms with Crippen molar-refractivity contribution in [1.82, 2.24) is 20.5 Å². The quantitative estimate of drug-likeness (QED) is 0.574. The summed E-state index contributed by atoms with van der Waals surface area (Å²) in [5.41, 5.74) is 1.18. The third-order valence-corrected chi connectivity index (χ3v) is 7.10. The molecule has 1 unspecified atom stereocenters. The molecule has 7 heteroatoms. The topological polar surface area (TPSA) is 55.8 Å². The van der Waals surface area contributed by atoms with Crippen LogP contribution < -0.4 is 15.5 Å². The Labute approximate surface area is 168 Å². The number of likely N-dealkylation sites (N-methyl/N-ethyl adjacent to an activating group) is 1. The lowest BCUT2D eigenvalue weighted by molar-refractivity contribution is 0.270. The molecule has 0 amide bonds. The molecule has 0 radical (unpaired) electrons. The maximum atomic E-state index is 4.68. The van der Waals surface area contributed by atoms with Crippen molar-refractivity contribution in [3.8, 4) is 0 Å². The van der Waals surface area contributed by atoms with Crippen LogP contribution in [0.5, 0.6) is 0 Å². The van der Waals surface area contributed by atoms with Crippen LogP contribution in [-0.4, -0.2) is 72.7 Å². The van der Waals surface area contributed by atoms with Crippen LogP contribution in [0.15, 0.2) is 23.3 Å². The molecule has 27 heavy (non-hydrogen) atoms. The van der Waals surface area contributed by atoms with Crippen LogP contribution in [0.3, 0.4) is 0 Å². The summed E-state index contributed by atoms with van der Waals surface area (Å²) in [5, 5.41) is 6.89. The predicted molar refractivity (Wildman–Crippen MR) is 117 cm³/mol. The van der Waals surface area contributed by atoms with Crippen LogP contribution in [0, 0.1) is 0 Å². The molecule has 2 aliphatic heterocycles. The van der Waals surface area contributed by atoms with Crippen molar-refractivity contribution in [2.45, 2.75) is 38.0 Å². The van der Waals surface area contributed by atoms with E-state index in [4.69, 9.17) is 0 Å². The fraction of sp³-hybridized carbons (Fsp3) is 0.700. The first-order chi connectivity index (χ1) is 13.1. The molecule has 3 heterocycles. The van der Waals surface area contributed by atoms with Crippen molar-refractivity contribution in [3.05, 3.63) is 23.9 Å². The number of pyridine rings is 1. The summed E-state index contributed by atoms with van der Waals surface area (Å²) in [6.07, 6.45) is 4.58. The van der Waals surface area contributed by atoms with Crippen molar-refractivity contribution in [2.24, 2.45) is 4.99 Å². The molecule has 1 aromatic rings. The molecule has 0 saturated carbocycles. The van der Waals surface area contributed by atoms with E-state index in [0.29, 0.717) is 4.75 Å². The highest BCUT2D eigenvalue weighted by Crippen LogP contribution is 2.36. The Morgan fingerprint density at radius 3 is 2.67 bits per heavy atom. The van der Waals surface area contributed by atoms with Crippen LogP contribution in [0.2, 0.25) is 0 Å². The maximum absolute atomic E-state index is 4.68. The summed E-state index contributed by atoms with van der Waals surface area (Å²) in [6, 6.07) is 4.31. The Bertz CT molecular complexity index is 603. The number of hydrogen-bond acceptors (Lipinski definition) is 5. The molecule has 1 aromatic heterocycles. The van der Waals surface area contributed by atoms with Crippen LogP contribution in [0.1, 0.15) is 32.3 Å². The number of aromatic nitrogens is 1. The summed E-state index contributed by atoms with van der Waals surface area (Å²) in [5.74, 6) is 3.22. The van der Waals surface area contributed by atoms with Crippen LogP contribution >= 0.6 is 11.8 Å². The van der Waals surface area contributed by atoms with Crippen molar-refractivity contribution >= 4 is 23.5 Å². The highest BCUT2D eigenvalue weighted by Gasteiger charge is 2.29. The molecular formula is C20H34N6S. The van der Waals surface area contributed by atoms with Gasteiger partial charge in [0, 0.05) is 57.3 Å². The van der Waals surface area contributed by atoms with E-state index in [0.717, 1.165) is 57.6 Å². The van der Waals surface area contributed by atoms with Gasteiger partial charge in [0.1, 0.15) is 5.82 Å². The number of nitrogens with one attached hydrogen (secondary N) is 2. The molecule has 6 nitrogen and oxygen atoms in total. The highest BCUT2D eigenvalue weighted by molar-refractivity contribution is 8.00. The Balaban J connectivity index is 1.45. The van der Waals surface area contributed by atoms with E-state index in [1.165, 1.54) is 24.2 Å². The molecule has 1 atom stereocenters. The molecule has 2 saturated heterocycles. The largest absolute Gasteiger partial charge is 0.355 e. The average Bonchev–Trinajstić information content (AvgIpc) is 3.15. The van der Waals surface area contributed by atoms with Crippen LogP contribution in [-0.2, 0) is 6.54 Å². The fourth-order valence-electron chi connectivity index (χ4n) is 3.65. The normalized spacial score (nSPS) is 24.3. The number of piperazine rings is 1. The van der Waals surface area contributed by atoms with Gasteiger partial charge in [0.2, 0.25) is 0 Å². The smallest absolute Gasteiger partial charge is 0.191 e. The van der Waals surface area contributed by atoms with Gasteiger partial charge in [0.15, 0.2) is 5.96 Å². The third-order valence-electron chi connectivity index (χ3n) is 5.57. The average molecular weight is 391 g/mol. The number of aliphatic imine (C=N–C) groups is 1. The fourth-order valence-corrected chi connectivity index (χ4v) is 4.90. The van der Waals surface area contributed by atoms with Gasteiger partial charge in [-0.1, -0.05) is 13.0 Å². The minimum Gasteiger partial charge on any atom is -0.355 e. The van der Waals surface area contributed by atoms with Gasteiger partial charge in [0.25, 0.3) is 0 Å². The summed E-state index contributed by atoms with van der Waals surface area (Å²) in [6.45, 7) is 11.8. The standard InChI is InChI=1S/C20H34N6S/c1-4-25-9-11-26(12-10-25)18-7-6-17(14-22-18)15-23-19(21-3)24-16-20(2)8-5-13-27-20/h6-7,14H,4-5,8-13,15-16H2,1-3H3,(H2,21,23,24). The van der Waals surface area contributed by atoms with E-state index in [1.54, 1.807) is 0 Å². The monoisotopic (exact) mass is 390 g/mol. The lowest BCUT2D eigenvalue weighted by Gasteiger charge is -2.34. The first kappa shape index (κ1) is 20.3. The maximum Gasteiger partial charge on any atom is 0.191 e. The van der Waals surface area contributed by atoms with E-state index < -0.39 is 0 Å². The second-order valence-electron chi connectivity index (χ2n) is 7.63. The molecule has 2 N–H and O–H groups in total. The van der Waals surface area contributed by atoms with E-state index >= 15 is 0 Å². The van der Waals surface area contributed by atoms with Gasteiger partial charge in [0.05, 0.1) is 0 Å². The molecule has 0 bridgehead atoms. The van der Waals surface area contributed by atoms with E-state index in [-0.39, 0.29) is 0 Å². The van der Waals surface area contributed by atoms with Crippen molar-refractivity contribution < 1.29 is 0 Å². The first-order valence-corrected chi connectivity index (χ1v) is 11.1. The number of hydrogen-bond donors (Lipinski definition) is 2. The van der Waals surface area contributed by atoms with E-state index in [2.05, 4.69) is 68.2 Å². The first-order valence-electron chi connectivity index (χ1n) is 10.1. The van der Waals surface area contributed by atoms with Gasteiger partial charge in [-0.2, -0.15) is 11.8 Å². The van der Waals surface area contributed by atoms with Gasteiger partial charge in [-0.3, -0.25) is 4.99 Å². The van der Waals surface area contributed by atoms with Gasteiger partial charge < -0.3 is 20.4 Å². The number of rotatable bonds is 6. The minimum atomic E-state index is 0.336. The minimum absolute atomic E-state index is 0.336. The molecule has 0 spiro atoms. The van der Waals surface area contributed by atoms with Gasteiger partial charge in [-0.05, 0) is 43.7 Å². The summed E-state index contributed by atoms with van der Waals surface area (Å²) < 4.78 is 0.336. The van der Waals surface area contributed by atoms with E-state index in [1.807, 2.05) is 13.2 Å². The second kappa shape index (κ2) is 9.64. The van der Waals surface area contributed by atoms with Crippen LogP contribution in [0.4, 0.5) is 5.82 Å². The molecule has 0 aliphatic carbocycles. The summed E-state index contributed by atoms with van der Waals surface area (Å²) in [7, 11) is 1.83. The number of anilines is 1. The van der Waals surface area contributed by atoms with Crippen molar-refractivity contribution in [1.29, 1.82) is 0 Å². The van der Waals surface area contributed by atoms with Crippen LogP contribution in [0.25, 0.3) is 0 Å².